The SMILES string of the molecule is CC(C)(C)[Si](C)(C)OCC[C@@H](NC(=O)Cc1cccc(C(F)(F)F)c1)C(N)=O. The number of halogens is 3. The molecule has 1 atom stereocenters. The topological polar surface area (TPSA) is 81.4 Å². The van der Waals surface area contributed by atoms with Gasteiger partial charge < -0.3 is 15.5 Å². The molecule has 9 heteroatoms. The Balaban J connectivity index is 2.67. The summed E-state index contributed by atoms with van der Waals surface area (Å²) in [5.74, 6) is -1.29. The molecule has 3 N–H and O–H groups in total. The van der Waals surface area contributed by atoms with Crippen LogP contribution in [-0.2, 0) is 26.6 Å². The second kappa shape index (κ2) is 9.08. The number of carbonyl (C=O) groups excluding carboxylic acids is 2. The Bertz CT molecular complexity index is 700. The number of nitrogens with two attached hydrogens (primary N) is 1. The minimum atomic E-state index is -4.48. The average Bonchev–Trinajstić information content (AvgIpc) is 2.52. The van der Waals surface area contributed by atoms with Crippen LogP contribution in [0.5, 0.6) is 0 Å². The van der Waals surface area contributed by atoms with Gasteiger partial charge in [-0.2, -0.15) is 13.2 Å². The predicted molar refractivity (Wildman–Crippen MR) is 104 cm³/mol. The van der Waals surface area contributed by atoms with Crippen LogP contribution in [0.4, 0.5) is 13.2 Å². The molecule has 0 saturated carbocycles. The second-order valence-electron chi connectivity index (χ2n) is 8.29. The Hall–Kier alpha value is -1.87. The number of amides is 2. The Labute approximate surface area is 165 Å². The van der Waals surface area contributed by atoms with Gasteiger partial charge in [-0.1, -0.05) is 39.0 Å². The van der Waals surface area contributed by atoms with E-state index in [1.54, 1.807) is 0 Å². The number of benzene rings is 1. The van der Waals surface area contributed by atoms with Gasteiger partial charge in [0.1, 0.15) is 6.04 Å². The number of carbonyl (C=O) groups is 2. The molecule has 28 heavy (non-hydrogen) atoms. The Morgan fingerprint density at radius 2 is 1.82 bits per heavy atom. The van der Waals surface area contributed by atoms with E-state index < -0.39 is 37.9 Å². The molecule has 158 valence electrons. The highest BCUT2D eigenvalue weighted by molar-refractivity contribution is 6.74. The smallest absolute Gasteiger partial charge is 0.416 e. The molecule has 5 nitrogen and oxygen atoms in total. The van der Waals surface area contributed by atoms with Crippen molar-refractivity contribution in [2.24, 2.45) is 5.73 Å². The maximum atomic E-state index is 12.8. The van der Waals surface area contributed by atoms with Gasteiger partial charge in [-0.3, -0.25) is 9.59 Å². The highest BCUT2D eigenvalue weighted by Gasteiger charge is 2.37. The van der Waals surface area contributed by atoms with Crippen LogP contribution in [0.2, 0.25) is 18.1 Å². The first-order chi connectivity index (χ1) is 12.6. The van der Waals surface area contributed by atoms with Gasteiger partial charge in [0, 0.05) is 6.61 Å². The number of alkyl halides is 3. The fourth-order valence-electron chi connectivity index (χ4n) is 2.22. The molecule has 0 aliphatic heterocycles. The van der Waals surface area contributed by atoms with Gasteiger partial charge in [0.2, 0.25) is 11.8 Å². The monoisotopic (exact) mass is 418 g/mol. The number of primary amides is 1. The molecule has 1 rings (SSSR count). The van der Waals surface area contributed by atoms with E-state index in [-0.39, 0.29) is 30.1 Å². The predicted octanol–water partition coefficient (Wildman–Crippen LogP) is 3.63. The normalized spacial score (nSPS) is 13.9. The molecule has 0 aliphatic rings. The van der Waals surface area contributed by atoms with Gasteiger partial charge in [-0.15, -0.1) is 0 Å². The van der Waals surface area contributed by atoms with Crippen LogP contribution >= 0.6 is 0 Å². The molecule has 0 fully saturated rings. The lowest BCUT2D eigenvalue weighted by atomic mass is 10.1. The molecule has 0 bridgehead atoms. The zero-order valence-electron chi connectivity index (χ0n) is 16.9. The van der Waals surface area contributed by atoms with E-state index in [9.17, 15) is 22.8 Å². The Kier molecular flexibility index (Phi) is 7.84. The highest BCUT2D eigenvalue weighted by atomic mass is 28.4. The van der Waals surface area contributed by atoms with Gasteiger partial charge in [0.25, 0.3) is 0 Å². The summed E-state index contributed by atoms with van der Waals surface area (Å²) in [6, 6.07) is 3.58. The average molecular weight is 419 g/mol. The largest absolute Gasteiger partial charge is 0.417 e. The zero-order valence-corrected chi connectivity index (χ0v) is 17.9. The first kappa shape index (κ1) is 24.2. The molecule has 0 aromatic heterocycles. The van der Waals surface area contributed by atoms with Crippen LogP contribution in [0.3, 0.4) is 0 Å². The number of rotatable bonds is 8. The molecule has 0 radical (unpaired) electrons. The van der Waals surface area contributed by atoms with Crippen molar-refractivity contribution < 1.29 is 27.2 Å². The van der Waals surface area contributed by atoms with Crippen molar-refractivity contribution in [2.75, 3.05) is 6.61 Å². The Morgan fingerprint density at radius 3 is 2.32 bits per heavy atom. The molecule has 0 unspecified atom stereocenters. The van der Waals surface area contributed by atoms with Gasteiger partial charge in [-0.25, -0.2) is 0 Å². The van der Waals surface area contributed by atoms with Crippen molar-refractivity contribution in [2.45, 2.75) is 64.0 Å². The molecule has 1 aromatic carbocycles. The summed E-state index contributed by atoms with van der Waals surface area (Å²) in [5.41, 5.74) is 4.72. The maximum absolute atomic E-state index is 12.8. The highest BCUT2D eigenvalue weighted by Crippen LogP contribution is 2.36. The Morgan fingerprint density at radius 1 is 1.21 bits per heavy atom. The third-order valence-electron chi connectivity index (χ3n) is 4.97. The van der Waals surface area contributed by atoms with E-state index in [1.807, 2.05) is 0 Å². The van der Waals surface area contributed by atoms with E-state index in [2.05, 4.69) is 39.2 Å². The van der Waals surface area contributed by atoms with Crippen LogP contribution in [0.15, 0.2) is 24.3 Å². The molecule has 2 amide bonds. The van der Waals surface area contributed by atoms with Gasteiger partial charge in [-0.05, 0) is 36.2 Å². The number of hydrogen-bond acceptors (Lipinski definition) is 3. The third-order valence-corrected chi connectivity index (χ3v) is 9.51. The van der Waals surface area contributed by atoms with E-state index in [0.29, 0.717) is 0 Å². The summed E-state index contributed by atoms with van der Waals surface area (Å²) in [7, 11) is -2.00. The first-order valence-corrected chi connectivity index (χ1v) is 11.9. The molecular formula is C19H29F3N2O3Si. The van der Waals surface area contributed by atoms with Crippen LogP contribution in [0, 0.1) is 0 Å². The molecule has 0 aliphatic carbocycles. The van der Waals surface area contributed by atoms with Crippen molar-refractivity contribution in [1.82, 2.24) is 5.32 Å². The third kappa shape index (κ3) is 7.27. The molecule has 0 heterocycles. The maximum Gasteiger partial charge on any atom is 0.416 e. The summed E-state index contributed by atoms with van der Waals surface area (Å²) in [6.45, 7) is 10.6. The molecule has 0 spiro atoms. The molecule has 1 aromatic rings. The lowest BCUT2D eigenvalue weighted by Gasteiger charge is -2.36. The summed E-state index contributed by atoms with van der Waals surface area (Å²) in [4.78, 5) is 23.8. The fourth-order valence-corrected chi connectivity index (χ4v) is 3.28. The van der Waals surface area contributed by atoms with Crippen LogP contribution < -0.4 is 11.1 Å². The van der Waals surface area contributed by atoms with E-state index in [4.69, 9.17) is 10.2 Å². The summed E-state index contributed by atoms with van der Waals surface area (Å²) < 4.78 is 44.3. The van der Waals surface area contributed by atoms with E-state index >= 15 is 0 Å². The van der Waals surface area contributed by atoms with Crippen molar-refractivity contribution in [1.29, 1.82) is 0 Å². The van der Waals surface area contributed by atoms with Gasteiger partial charge >= 0.3 is 6.18 Å². The summed E-state index contributed by atoms with van der Waals surface area (Å²) in [6.07, 6.45) is -4.56. The van der Waals surface area contributed by atoms with Crippen molar-refractivity contribution in [3.63, 3.8) is 0 Å². The standard InChI is InChI=1S/C19H29F3N2O3Si/c1-18(2,3)28(4,5)27-10-9-15(17(23)26)24-16(25)12-13-7-6-8-14(11-13)19(20,21)22/h6-8,11,15H,9-10,12H2,1-5H3,(H2,23,26)(H,24,25)/t15-/m1/s1. The summed E-state index contributed by atoms with van der Waals surface area (Å²) in [5, 5.41) is 2.49. The second-order valence-corrected chi connectivity index (χ2v) is 13.1. The van der Waals surface area contributed by atoms with Gasteiger partial charge in [0.15, 0.2) is 8.32 Å². The lowest BCUT2D eigenvalue weighted by Crippen LogP contribution is -2.47. The molecule has 0 saturated heterocycles. The molecular weight excluding hydrogens is 389 g/mol. The zero-order chi connectivity index (χ0) is 21.8. The lowest BCUT2D eigenvalue weighted by molar-refractivity contribution is -0.137. The van der Waals surface area contributed by atoms with E-state index in [0.717, 1.165) is 12.1 Å². The minimum absolute atomic E-state index is 0.00195. The number of hydrogen-bond donors (Lipinski definition) is 2. The fraction of sp³-hybridized carbons (Fsp3) is 0.579. The van der Waals surface area contributed by atoms with Crippen molar-refractivity contribution in [3.05, 3.63) is 35.4 Å². The number of nitrogens with one attached hydrogen (secondary N) is 1. The van der Waals surface area contributed by atoms with Crippen LogP contribution in [0.1, 0.15) is 38.3 Å². The van der Waals surface area contributed by atoms with Crippen molar-refractivity contribution in [3.8, 4) is 0 Å². The van der Waals surface area contributed by atoms with E-state index in [1.165, 1.54) is 12.1 Å². The van der Waals surface area contributed by atoms with Gasteiger partial charge in [0.05, 0.1) is 12.0 Å². The first-order valence-electron chi connectivity index (χ1n) is 9.02. The summed E-state index contributed by atoms with van der Waals surface area (Å²) >= 11 is 0. The van der Waals surface area contributed by atoms with Crippen LogP contribution in [0.25, 0.3) is 0 Å². The quantitative estimate of drug-likeness (QED) is 0.633. The van der Waals surface area contributed by atoms with Crippen LogP contribution in [-0.4, -0.2) is 32.8 Å². The minimum Gasteiger partial charge on any atom is -0.417 e. The van der Waals surface area contributed by atoms with Crippen molar-refractivity contribution >= 4 is 20.1 Å².